The lowest BCUT2D eigenvalue weighted by Crippen LogP contribution is -2.30. The summed E-state index contributed by atoms with van der Waals surface area (Å²) < 4.78 is 2.39. The van der Waals surface area contributed by atoms with Crippen molar-refractivity contribution in [2.24, 2.45) is 11.3 Å². The molecular weight excluding hydrogens is 222 g/mol. The Kier molecular flexibility index (Phi) is 2.65. The molecule has 0 saturated heterocycles. The van der Waals surface area contributed by atoms with Gasteiger partial charge in [0.25, 0.3) is 0 Å². The molecule has 1 heterocycles. The molecule has 2 aliphatic rings. The standard InChI is InChI=1S/C16H23NO/c1-11(12-5-4-6-12)17-8-7-13-14(17)9-16(2,3)10-15(13)18/h7-8,11-12H,4-6,9-10H2,1-3H3. The van der Waals surface area contributed by atoms with E-state index in [1.807, 2.05) is 6.07 Å². The van der Waals surface area contributed by atoms with Gasteiger partial charge in [-0.15, -0.1) is 0 Å². The molecule has 0 spiro atoms. The van der Waals surface area contributed by atoms with Gasteiger partial charge in [0, 0.05) is 29.9 Å². The van der Waals surface area contributed by atoms with Crippen molar-refractivity contribution in [3.8, 4) is 0 Å². The topological polar surface area (TPSA) is 22.0 Å². The van der Waals surface area contributed by atoms with Gasteiger partial charge in [-0.1, -0.05) is 20.3 Å². The van der Waals surface area contributed by atoms with Crippen LogP contribution >= 0.6 is 0 Å². The molecule has 1 fully saturated rings. The van der Waals surface area contributed by atoms with E-state index in [0.29, 0.717) is 18.2 Å². The first kappa shape index (κ1) is 12.0. The van der Waals surface area contributed by atoms with Crippen LogP contribution in [-0.2, 0) is 6.42 Å². The minimum Gasteiger partial charge on any atom is -0.348 e. The highest BCUT2D eigenvalue weighted by Gasteiger charge is 2.35. The molecule has 2 heteroatoms. The lowest BCUT2D eigenvalue weighted by Gasteiger charge is -2.36. The fourth-order valence-corrected chi connectivity index (χ4v) is 3.50. The summed E-state index contributed by atoms with van der Waals surface area (Å²) in [5.41, 5.74) is 2.40. The lowest BCUT2D eigenvalue weighted by molar-refractivity contribution is 0.0907. The third kappa shape index (κ3) is 1.82. The predicted molar refractivity (Wildman–Crippen MR) is 72.9 cm³/mol. The molecule has 1 saturated carbocycles. The maximum absolute atomic E-state index is 12.2. The molecule has 0 aromatic carbocycles. The Labute approximate surface area is 109 Å². The van der Waals surface area contributed by atoms with Crippen LogP contribution in [0.5, 0.6) is 0 Å². The Morgan fingerprint density at radius 2 is 2.06 bits per heavy atom. The number of fused-ring (bicyclic) bond motifs is 1. The molecule has 0 bridgehead atoms. The summed E-state index contributed by atoms with van der Waals surface area (Å²) in [5, 5.41) is 0. The minimum absolute atomic E-state index is 0.125. The number of rotatable bonds is 2. The second kappa shape index (κ2) is 3.97. The monoisotopic (exact) mass is 245 g/mol. The fraction of sp³-hybridized carbons (Fsp3) is 0.688. The Morgan fingerprint density at radius 1 is 1.33 bits per heavy atom. The van der Waals surface area contributed by atoms with Crippen LogP contribution in [0.15, 0.2) is 12.3 Å². The largest absolute Gasteiger partial charge is 0.348 e. The van der Waals surface area contributed by atoms with Gasteiger partial charge in [0.2, 0.25) is 0 Å². The van der Waals surface area contributed by atoms with Crippen molar-refractivity contribution in [1.82, 2.24) is 4.57 Å². The number of carbonyl (C=O) groups excluding carboxylic acids is 1. The molecule has 1 atom stereocenters. The summed E-state index contributed by atoms with van der Waals surface area (Å²) >= 11 is 0. The molecule has 1 aromatic heterocycles. The molecule has 2 aliphatic carbocycles. The van der Waals surface area contributed by atoms with Crippen molar-refractivity contribution in [1.29, 1.82) is 0 Å². The molecule has 1 unspecified atom stereocenters. The van der Waals surface area contributed by atoms with Gasteiger partial charge < -0.3 is 4.57 Å². The van der Waals surface area contributed by atoms with E-state index in [2.05, 4.69) is 31.5 Å². The first-order valence-electron chi connectivity index (χ1n) is 7.21. The Bertz CT molecular complexity index is 479. The number of aromatic nitrogens is 1. The van der Waals surface area contributed by atoms with Crippen molar-refractivity contribution in [3.63, 3.8) is 0 Å². The van der Waals surface area contributed by atoms with E-state index in [-0.39, 0.29) is 5.41 Å². The van der Waals surface area contributed by atoms with Gasteiger partial charge in [0.15, 0.2) is 5.78 Å². The van der Waals surface area contributed by atoms with Gasteiger partial charge in [-0.05, 0) is 43.6 Å². The molecule has 0 amide bonds. The maximum atomic E-state index is 12.2. The van der Waals surface area contributed by atoms with E-state index in [1.165, 1.54) is 25.0 Å². The van der Waals surface area contributed by atoms with Gasteiger partial charge in [0.05, 0.1) is 0 Å². The Morgan fingerprint density at radius 3 is 2.67 bits per heavy atom. The molecule has 1 aromatic rings. The number of hydrogen-bond donors (Lipinski definition) is 0. The molecule has 18 heavy (non-hydrogen) atoms. The summed E-state index contributed by atoms with van der Waals surface area (Å²) in [6.45, 7) is 6.73. The normalized spacial score (nSPS) is 24.5. The summed E-state index contributed by atoms with van der Waals surface area (Å²) in [7, 11) is 0. The van der Waals surface area contributed by atoms with E-state index >= 15 is 0 Å². The van der Waals surface area contributed by atoms with Crippen LogP contribution in [0.2, 0.25) is 0 Å². The predicted octanol–water partition coefficient (Wildman–Crippen LogP) is 4.00. The van der Waals surface area contributed by atoms with Gasteiger partial charge in [0.1, 0.15) is 0 Å². The van der Waals surface area contributed by atoms with Crippen molar-refractivity contribution in [3.05, 3.63) is 23.5 Å². The highest BCUT2D eigenvalue weighted by atomic mass is 16.1. The number of ketones is 1. The van der Waals surface area contributed by atoms with E-state index in [1.54, 1.807) is 0 Å². The van der Waals surface area contributed by atoms with Crippen molar-refractivity contribution < 1.29 is 4.79 Å². The van der Waals surface area contributed by atoms with E-state index in [4.69, 9.17) is 0 Å². The molecule has 3 rings (SSSR count). The zero-order chi connectivity index (χ0) is 12.9. The van der Waals surface area contributed by atoms with Crippen LogP contribution in [-0.4, -0.2) is 10.4 Å². The third-order valence-electron chi connectivity index (χ3n) is 4.88. The van der Waals surface area contributed by atoms with Crippen molar-refractivity contribution in [2.75, 3.05) is 0 Å². The smallest absolute Gasteiger partial charge is 0.165 e. The molecular formula is C16H23NO. The van der Waals surface area contributed by atoms with Crippen LogP contribution < -0.4 is 0 Å². The first-order chi connectivity index (χ1) is 8.48. The second-order valence-electron chi connectivity index (χ2n) is 6.96. The Balaban J connectivity index is 1.96. The average Bonchev–Trinajstić information content (AvgIpc) is 2.56. The van der Waals surface area contributed by atoms with Crippen LogP contribution in [0, 0.1) is 11.3 Å². The molecule has 2 nitrogen and oxygen atoms in total. The van der Waals surface area contributed by atoms with E-state index < -0.39 is 0 Å². The van der Waals surface area contributed by atoms with Gasteiger partial charge in [-0.25, -0.2) is 0 Å². The summed E-state index contributed by atoms with van der Waals surface area (Å²) in [6.07, 6.45) is 7.96. The lowest BCUT2D eigenvalue weighted by atomic mass is 9.75. The average molecular weight is 245 g/mol. The maximum Gasteiger partial charge on any atom is 0.165 e. The molecule has 98 valence electrons. The number of hydrogen-bond acceptors (Lipinski definition) is 1. The van der Waals surface area contributed by atoms with Crippen molar-refractivity contribution in [2.45, 2.75) is 58.9 Å². The fourth-order valence-electron chi connectivity index (χ4n) is 3.50. The van der Waals surface area contributed by atoms with Gasteiger partial charge in [-0.3, -0.25) is 4.79 Å². The summed E-state index contributed by atoms with van der Waals surface area (Å²) in [4.78, 5) is 12.2. The van der Waals surface area contributed by atoms with Crippen LogP contribution in [0.25, 0.3) is 0 Å². The minimum atomic E-state index is 0.125. The number of nitrogens with zero attached hydrogens (tertiary/aromatic N) is 1. The summed E-state index contributed by atoms with van der Waals surface area (Å²) in [5.74, 6) is 1.16. The zero-order valence-corrected chi connectivity index (χ0v) is 11.7. The van der Waals surface area contributed by atoms with Gasteiger partial charge in [-0.2, -0.15) is 0 Å². The highest BCUT2D eigenvalue weighted by Crippen LogP contribution is 2.41. The molecule has 0 aliphatic heterocycles. The quantitative estimate of drug-likeness (QED) is 0.771. The SMILES string of the molecule is CC(C1CCC1)n1ccc2c1CC(C)(C)CC2=O. The molecule has 0 N–H and O–H groups in total. The first-order valence-corrected chi connectivity index (χ1v) is 7.21. The Hall–Kier alpha value is -1.05. The number of Topliss-reactive ketones (excluding diaryl/α,β-unsaturated/α-hetero) is 1. The molecule has 0 radical (unpaired) electrons. The number of carbonyl (C=O) groups is 1. The van der Waals surface area contributed by atoms with E-state index in [9.17, 15) is 4.79 Å². The van der Waals surface area contributed by atoms with Crippen LogP contribution in [0.1, 0.15) is 68.5 Å². The zero-order valence-electron chi connectivity index (χ0n) is 11.7. The highest BCUT2D eigenvalue weighted by molar-refractivity contribution is 5.98. The second-order valence-corrected chi connectivity index (χ2v) is 6.96. The van der Waals surface area contributed by atoms with Crippen LogP contribution in [0.4, 0.5) is 0 Å². The van der Waals surface area contributed by atoms with E-state index in [0.717, 1.165) is 17.9 Å². The van der Waals surface area contributed by atoms with Crippen LogP contribution in [0.3, 0.4) is 0 Å². The van der Waals surface area contributed by atoms with Gasteiger partial charge >= 0.3 is 0 Å². The van der Waals surface area contributed by atoms with Crippen molar-refractivity contribution >= 4 is 5.78 Å². The summed E-state index contributed by atoms with van der Waals surface area (Å²) in [6, 6.07) is 2.60. The third-order valence-corrected chi connectivity index (χ3v) is 4.88.